The molecule has 0 heterocycles. The molecule has 16 heavy (non-hydrogen) atoms. The van der Waals surface area contributed by atoms with E-state index >= 15 is 0 Å². The molecule has 5 heteroatoms. The summed E-state index contributed by atoms with van der Waals surface area (Å²) < 4.78 is 13.0. The highest BCUT2D eigenvalue weighted by Crippen LogP contribution is 2.27. The average molecular weight is 249 g/mol. The SMILES string of the molecule is Cl.NCCCC[C@@H](N)c1cccc(F)c1O. The number of hydrogen-bond acceptors (Lipinski definition) is 3. The molecule has 0 bridgehead atoms. The zero-order chi connectivity index (χ0) is 11.3. The van der Waals surface area contributed by atoms with Gasteiger partial charge in [0.25, 0.3) is 0 Å². The summed E-state index contributed by atoms with van der Waals surface area (Å²) in [7, 11) is 0. The van der Waals surface area contributed by atoms with E-state index in [-0.39, 0.29) is 24.2 Å². The molecule has 5 N–H and O–H groups in total. The minimum absolute atomic E-state index is 0. The van der Waals surface area contributed by atoms with Crippen LogP contribution in [0.2, 0.25) is 0 Å². The van der Waals surface area contributed by atoms with Gasteiger partial charge in [-0.05, 0) is 25.5 Å². The second kappa shape index (κ2) is 7.44. The molecular formula is C11H18ClFN2O. The number of rotatable bonds is 5. The van der Waals surface area contributed by atoms with Crippen molar-refractivity contribution in [3.8, 4) is 5.75 Å². The van der Waals surface area contributed by atoms with Crippen LogP contribution >= 0.6 is 12.4 Å². The lowest BCUT2D eigenvalue weighted by atomic mass is 10.0. The molecule has 92 valence electrons. The molecule has 1 aromatic carbocycles. The Morgan fingerprint density at radius 2 is 2.00 bits per heavy atom. The van der Waals surface area contributed by atoms with Gasteiger partial charge in [0.1, 0.15) is 0 Å². The quantitative estimate of drug-likeness (QED) is 0.699. The molecule has 0 fully saturated rings. The molecule has 3 nitrogen and oxygen atoms in total. The first-order valence-corrected chi connectivity index (χ1v) is 5.10. The summed E-state index contributed by atoms with van der Waals surface area (Å²) in [5.41, 5.74) is 11.7. The molecule has 1 rings (SSSR count). The normalized spacial score (nSPS) is 11.9. The number of phenols is 1. The average Bonchev–Trinajstić information content (AvgIpc) is 2.22. The van der Waals surface area contributed by atoms with Gasteiger partial charge in [0.15, 0.2) is 11.6 Å². The standard InChI is InChI=1S/C11H17FN2O.ClH/c12-9-5-3-4-8(11(9)15)10(14)6-1-2-7-13;/h3-5,10,15H,1-2,6-7,13-14H2;1H/t10-;/m1./s1. The summed E-state index contributed by atoms with van der Waals surface area (Å²) in [6.07, 6.45) is 2.48. The number of phenolic OH excluding ortho intramolecular Hbond substituents is 1. The maximum Gasteiger partial charge on any atom is 0.165 e. The van der Waals surface area contributed by atoms with Crippen LogP contribution in [0, 0.1) is 5.82 Å². The van der Waals surface area contributed by atoms with Gasteiger partial charge in [0, 0.05) is 11.6 Å². The summed E-state index contributed by atoms with van der Waals surface area (Å²) in [5, 5.41) is 9.44. The zero-order valence-corrected chi connectivity index (χ0v) is 9.84. The highest BCUT2D eigenvalue weighted by Gasteiger charge is 2.13. The molecule has 1 atom stereocenters. The third-order valence-electron chi connectivity index (χ3n) is 2.39. The van der Waals surface area contributed by atoms with Crippen LogP contribution in [-0.4, -0.2) is 11.7 Å². The smallest absolute Gasteiger partial charge is 0.165 e. The van der Waals surface area contributed by atoms with Crippen molar-refractivity contribution in [2.75, 3.05) is 6.54 Å². The van der Waals surface area contributed by atoms with Crippen molar-refractivity contribution in [1.82, 2.24) is 0 Å². The van der Waals surface area contributed by atoms with Crippen molar-refractivity contribution in [3.05, 3.63) is 29.6 Å². The summed E-state index contributed by atoms with van der Waals surface area (Å²) in [6, 6.07) is 4.08. The minimum Gasteiger partial charge on any atom is -0.505 e. The van der Waals surface area contributed by atoms with Gasteiger partial charge in [-0.25, -0.2) is 4.39 Å². The number of hydrogen-bond donors (Lipinski definition) is 3. The lowest BCUT2D eigenvalue weighted by Gasteiger charge is -2.13. The third kappa shape index (κ3) is 3.96. The Morgan fingerprint density at radius 1 is 1.31 bits per heavy atom. The lowest BCUT2D eigenvalue weighted by Crippen LogP contribution is -2.11. The Bertz CT molecular complexity index is 323. The van der Waals surface area contributed by atoms with E-state index in [0.29, 0.717) is 18.5 Å². The zero-order valence-electron chi connectivity index (χ0n) is 9.03. The van der Waals surface area contributed by atoms with E-state index in [0.717, 1.165) is 12.8 Å². The molecule has 0 aromatic heterocycles. The molecule has 0 saturated carbocycles. The van der Waals surface area contributed by atoms with Crippen molar-refractivity contribution < 1.29 is 9.50 Å². The second-order valence-corrected chi connectivity index (χ2v) is 3.57. The van der Waals surface area contributed by atoms with E-state index in [4.69, 9.17) is 11.5 Å². The largest absolute Gasteiger partial charge is 0.505 e. The molecular weight excluding hydrogens is 231 g/mol. The maximum atomic E-state index is 13.0. The topological polar surface area (TPSA) is 72.3 Å². The molecule has 0 aliphatic heterocycles. The summed E-state index contributed by atoms with van der Waals surface area (Å²) in [4.78, 5) is 0. The lowest BCUT2D eigenvalue weighted by molar-refractivity contribution is 0.417. The van der Waals surface area contributed by atoms with Crippen molar-refractivity contribution in [2.24, 2.45) is 11.5 Å². The highest BCUT2D eigenvalue weighted by molar-refractivity contribution is 5.85. The minimum atomic E-state index is -0.623. The molecule has 0 radical (unpaired) electrons. The first kappa shape index (κ1) is 15.2. The van der Waals surface area contributed by atoms with E-state index in [9.17, 15) is 9.50 Å². The number of unbranched alkanes of at least 4 members (excludes halogenated alkanes) is 1. The number of para-hydroxylation sites is 1. The Kier molecular flexibility index (Phi) is 7.05. The van der Waals surface area contributed by atoms with Crippen LogP contribution in [0.3, 0.4) is 0 Å². The highest BCUT2D eigenvalue weighted by atomic mass is 35.5. The Hall–Kier alpha value is -0.840. The van der Waals surface area contributed by atoms with Crippen LogP contribution in [0.4, 0.5) is 4.39 Å². The Labute approximate surface area is 101 Å². The van der Waals surface area contributed by atoms with E-state index < -0.39 is 5.82 Å². The fraction of sp³-hybridized carbons (Fsp3) is 0.455. The van der Waals surface area contributed by atoms with Crippen molar-refractivity contribution >= 4 is 12.4 Å². The molecule has 0 spiro atoms. The second-order valence-electron chi connectivity index (χ2n) is 3.57. The van der Waals surface area contributed by atoms with Gasteiger partial charge in [0.05, 0.1) is 0 Å². The van der Waals surface area contributed by atoms with Crippen LogP contribution in [0.1, 0.15) is 30.9 Å². The first-order chi connectivity index (χ1) is 7.16. The van der Waals surface area contributed by atoms with Crippen molar-refractivity contribution in [2.45, 2.75) is 25.3 Å². The number of nitrogens with two attached hydrogens (primary N) is 2. The van der Waals surface area contributed by atoms with Crippen LogP contribution in [0.5, 0.6) is 5.75 Å². The van der Waals surface area contributed by atoms with Gasteiger partial charge in [-0.2, -0.15) is 0 Å². The number of aromatic hydroxyl groups is 1. The fourth-order valence-electron chi connectivity index (χ4n) is 1.50. The molecule has 0 aliphatic rings. The summed E-state index contributed by atoms with van der Waals surface area (Å²) in [6.45, 7) is 0.627. The van der Waals surface area contributed by atoms with Crippen molar-refractivity contribution in [1.29, 1.82) is 0 Å². The Balaban J connectivity index is 0.00000225. The van der Waals surface area contributed by atoms with Crippen LogP contribution in [-0.2, 0) is 0 Å². The van der Waals surface area contributed by atoms with E-state index in [1.165, 1.54) is 6.07 Å². The summed E-state index contributed by atoms with van der Waals surface area (Å²) in [5.74, 6) is -0.959. The number of benzene rings is 1. The molecule has 0 saturated heterocycles. The third-order valence-corrected chi connectivity index (χ3v) is 2.39. The van der Waals surface area contributed by atoms with Gasteiger partial charge in [-0.1, -0.05) is 18.6 Å². The Morgan fingerprint density at radius 3 is 2.62 bits per heavy atom. The predicted octanol–water partition coefficient (Wildman–Crippen LogP) is 2.08. The first-order valence-electron chi connectivity index (χ1n) is 5.10. The maximum absolute atomic E-state index is 13.0. The van der Waals surface area contributed by atoms with E-state index in [2.05, 4.69) is 0 Å². The van der Waals surface area contributed by atoms with Gasteiger partial charge in [-0.15, -0.1) is 12.4 Å². The molecule has 0 aliphatic carbocycles. The van der Waals surface area contributed by atoms with Gasteiger partial charge in [-0.3, -0.25) is 0 Å². The van der Waals surface area contributed by atoms with Gasteiger partial charge in [0.2, 0.25) is 0 Å². The molecule has 1 aromatic rings. The predicted molar refractivity (Wildman–Crippen MR) is 65.1 cm³/mol. The van der Waals surface area contributed by atoms with E-state index in [1.54, 1.807) is 12.1 Å². The monoisotopic (exact) mass is 248 g/mol. The van der Waals surface area contributed by atoms with E-state index in [1.807, 2.05) is 0 Å². The molecule has 0 amide bonds. The van der Waals surface area contributed by atoms with Crippen molar-refractivity contribution in [3.63, 3.8) is 0 Å². The molecule has 0 unspecified atom stereocenters. The summed E-state index contributed by atoms with van der Waals surface area (Å²) >= 11 is 0. The van der Waals surface area contributed by atoms with Gasteiger partial charge >= 0.3 is 0 Å². The van der Waals surface area contributed by atoms with Crippen LogP contribution in [0.15, 0.2) is 18.2 Å². The fourth-order valence-corrected chi connectivity index (χ4v) is 1.50. The van der Waals surface area contributed by atoms with Crippen LogP contribution < -0.4 is 11.5 Å². The van der Waals surface area contributed by atoms with Gasteiger partial charge < -0.3 is 16.6 Å². The van der Waals surface area contributed by atoms with Crippen LogP contribution in [0.25, 0.3) is 0 Å². The number of halogens is 2.